The summed E-state index contributed by atoms with van der Waals surface area (Å²) >= 11 is 0. The predicted octanol–water partition coefficient (Wildman–Crippen LogP) is 3.61. The maximum Gasteiger partial charge on any atom is 0.335 e. The van der Waals surface area contributed by atoms with Crippen molar-refractivity contribution >= 4 is 5.97 Å². The van der Waals surface area contributed by atoms with E-state index in [9.17, 15) is 9.90 Å². The molecule has 0 aliphatic carbocycles. The predicted molar refractivity (Wildman–Crippen MR) is 75.5 cm³/mol. The largest absolute Gasteiger partial charge is 0.508 e. The van der Waals surface area contributed by atoms with Crippen LogP contribution in [0.3, 0.4) is 0 Å². The molecule has 2 aromatic rings. The maximum atomic E-state index is 10.9. The zero-order valence-corrected chi connectivity index (χ0v) is 10.7. The van der Waals surface area contributed by atoms with E-state index in [1.54, 1.807) is 30.3 Å². The molecule has 0 atom stereocenters. The van der Waals surface area contributed by atoms with Gasteiger partial charge in [-0.1, -0.05) is 12.1 Å². The maximum absolute atomic E-state index is 10.9. The van der Waals surface area contributed by atoms with Crippen molar-refractivity contribution in [2.75, 3.05) is 0 Å². The van der Waals surface area contributed by atoms with Crippen LogP contribution in [0.25, 0.3) is 0 Å². The van der Waals surface area contributed by atoms with Crippen LogP contribution >= 0.6 is 0 Å². The number of phenols is 1. The number of carbonyl (C=O) groups is 1. The second-order valence-electron chi connectivity index (χ2n) is 4.22. The number of hydrogen-bond donors (Lipinski definition) is 2. The van der Waals surface area contributed by atoms with Crippen LogP contribution in [0.15, 0.2) is 55.1 Å². The number of phenolic OH excluding ortho intramolecular Hbond substituents is 1. The molecule has 102 valence electrons. The fraction of sp³-hybridized carbons (Fsp3) is 0.0625. The lowest BCUT2D eigenvalue weighted by molar-refractivity contribution is 0.0696. The first-order valence-electron chi connectivity index (χ1n) is 6.04. The molecule has 0 aliphatic heterocycles. The van der Waals surface area contributed by atoms with Crippen molar-refractivity contribution in [3.63, 3.8) is 0 Å². The molecule has 4 nitrogen and oxygen atoms in total. The molecule has 0 saturated heterocycles. The Labute approximate surface area is 116 Å². The summed E-state index contributed by atoms with van der Waals surface area (Å²) in [7, 11) is 0. The Bertz CT molecular complexity index is 647. The Morgan fingerprint density at radius 3 is 2.65 bits per heavy atom. The molecule has 0 spiro atoms. The number of allylic oxidation sites excluding steroid dienone is 1. The molecule has 20 heavy (non-hydrogen) atoms. The van der Waals surface area contributed by atoms with Crippen LogP contribution in [0.5, 0.6) is 17.2 Å². The minimum absolute atomic E-state index is 0.160. The van der Waals surface area contributed by atoms with Gasteiger partial charge in [0, 0.05) is 5.56 Å². The average Bonchev–Trinajstić information content (AvgIpc) is 2.43. The molecule has 0 aromatic heterocycles. The van der Waals surface area contributed by atoms with Crippen molar-refractivity contribution < 1.29 is 19.7 Å². The molecule has 0 radical (unpaired) electrons. The van der Waals surface area contributed by atoms with Crippen LogP contribution in [0, 0.1) is 0 Å². The minimum Gasteiger partial charge on any atom is -0.508 e. The highest BCUT2D eigenvalue weighted by Crippen LogP contribution is 2.28. The number of aromatic hydroxyl groups is 1. The molecule has 2 aromatic carbocycles. The lowest BCUT2D eigenvalue weighted by Crippen LogP contribution is -1.96. The zero-order valence-electron chi connectivity index (χ0n) is 10.7. The average molecular weight is 270 g/mol. The summed E-state index contributed by atoms with van der Waals surface area (Å²) < 4.78 is 5.60. The summed E-state index contributed by atoms with van der Waals surface area (Å²) in [5, 5.41) is 18.6. The highest BCUT2D eigenvalue weighted by atomic mass is 16.5. The van der Waals surface area contributed by atoms with Crippen molar-refractivity contribution in [1.82, 2.24) is 0 Å². The Hall–Kier alpha value is -2.75. The van der Waals surface area contributed by atoms with Gasteiger partial charge in [0.05, 0.1) is 5.56 Å². The molecule has 0 amide bonds. The van der Waals surface area contributed by atoms with Crippen molar-refractivity contribution in [3.8, 4) is 17.2 Å². The van der Waals surface area contributed by atoms with Gasteiger partial charge in [0.15, 0.2) is 0 Å². The van der Waals surface area contributed by atoms with Gasteiger partial charge in [-0.2, -0.15) is 0 Å². The zero-order chi connectivity index (χ0) is 14.5. The van der Waals surface area contributed by atoms with Crippen molar-refractivity contribution in [2.45, 2.75) is 6.42 Å². The first-order valence-corrected chi connectivity index (χ1v) is 6.04. The number of hydrogen-bond acceptors (Lipinski definition) is 3. The summed E-state index contributed by atoms with van der Waals surface area (Å²) in [5.74, 6) is 0.132. The van der Waals surface area contributed by atoms with Gasteiger partial charge < -0.3 is 14.9 Å². The van der Waals surface area contributed by atoms with Crippen LogP contribution in [0.2, 0.25) is 0 Å². The molecule has 0 saturated carbocycles. The van der Waals surface area contributed by atoms with Gasteiger partial charge in [0.25, 0.3) is 0 Å². The Kier molecular flexibility index (Phi) is 4.05. The molecule has 2 rings (SSSR count). The molecule has 0 fully saturated rings. The summed E-state index contributed by atoms with van der Waals surface area (Å²) in [6, 6.07) is 11.1. The minimum atomic E-state index is -1.01. The van der Waals surface area contributed by atoms with Crippen LogP contribution in [0.1, 0.15) is 15.9 Å². The van der Waals surface area contributed by atoms with E-state index in [1.165, 1.54) is 18.2 Å². The van der Waals surface area contributed by atoms with Gasteiger partial charge in [-0.25, -0.2) is 4.79 Å². The van der Waals surface area contributed by atoms with Crippen LogP contribution in [-0.2, 0) is 6.42 Å². The summed E-state index contributed by atoms with van der Waals surface area (Å²) in [5.41, 5.74) is 0.861. The van der Waals surface area contributed by atoms with Crippen molar-refractivity contribution in [2.24, 2.45) is 0 Å². The highest BCUT2D eigenvalue weighted by molar-refractivity contribution is 5.88. The lowest BCUT2D eigenvalue weighted by Gasteiger charge is -2.09. The summed E-state index contributed by atoms with van der Waals surface area (Å²) in [4.78, 5) is 10.9. The number of ether oxygens (including phenoxy) is 1. The van der Waals surface area contributed by atoms with E-state index in [0.29, 0.717) is 23.5 Å². The highest BCUT2D eigenvalue weighted by Gasteiger charge is 2.06. The van der Waals surface area contributed by atoms with E-state index >= 15 is 0 Å². The second-order valence-corrected chi connectivity index (χ2v) is 4.22. The van der Waals surface area contributed by atoms with Crippen molar-refractivity contribution in [1.29, 1.82) is 0 Å². The van der Waals surface area contributed by atoms with Crippen LogP contribution < -0.4 is 4.74 Å². The standard InChI is InChI=1S/C16H14O4/c1-2-4-11-9-14(7-8-15(11)17)20-13-6-3-5-12(10-13)16(18)19/h2-3,5-10,17H,1,4H2,(H,18,19). The van der Waals surface area contributed by atoms with E-state index < -0.39 is 5.97 Å². The quantitative estimate of drug-likeness (QED) is 0.814. The fourth-order valence-corrected chi connectivity index (χ4v) is 1.77. The molecule has 0 heterocycles. The Morgan fingerprint density at radius 2 is 1.95 bits per heavy atom. The van der Waals surface area contributed by atoms with Gasteiger partial charge in [0.1, 0.15) is 17.2 Å². The summed E-state index contributed by atoms with van der Waals surface area (Å²) in [6.07, 6.45) is 2.21. The third-order valence-electron chi connectivity index (χ3n) is 2.73. The van der Waals surface area contributed by atoms with Gasteiger partial charge in [-0.05, 0) is 42.8 Å². The SMILES string of the molecule is C=CCc1cc(Oc2cccc(C(=O)O)c2)ccc1O. The van der Waals surface area contributed by atoms with E-state index in [4.69, 9.17) is 9.84 Å². The first-order chi connectivity index (χ1) is 9.60. The molecule has 2 N–H and O–H groups in total. The van der Waals surface area contributed by atoms with Crippen LogP contribution in [-0.4, -0.2) is 16.2 Å². The Balaban J connectivity index is 2.25. The Morgan fingerprint density at radius 1 is 1.20 bits per heavy atom. The topological polar surface area (TPSA) is 66.8 Å². The number of benzene rings is 2. The molecule has 0 bridgehead atoms. The van der Waals surface area contributed by atoms with Crippen molar-refractivity contribution in [3.05, 3.63) is 66.2 Å². The fourth-order valence-electron chi connectivity index (χ4n) is 1.77. The van der Waals surface area contributed by atoms with E-state index in [1.807, 2.05) is 0 Å². The monoisotopic (exact) mass is 270 g/mol. The number of rotatable bonds is 5. The molecule has 0 unspecified atom stereocenters. The van der Waals surface area contributed by atoms with Gasteiger partial charge in [-0.15, -0.1) is 6.58 Å². The van der Waals surface area contributed by atoms with E-state index in [0.717, 1.165) is 0 Å². The van der Waals surface area contributed by atoms with Crippen LogP contribution in [0.4, 0.5) is 0 Å². The second kappa shape index (κ2) is 5.93. The number of carboxylic acids is 1. The van der Waals surface area contributed by atoms with E-state index in [-0.39, 0.29) is 11.3 Å². The van der Waals surface area contributed by atoms with E-state index in [2.05, 4.69) is 6.58 Å². The summed E-state index contributed by atoms with van der Waals surface area (Å²) in [6.45, 7) is 3.62. The van der Waals surface area contributed by atoms with Gasteiger partial charge in [0.2, 0.25) is 0 Å². The molecule has 0 aliphatic rings. The van der Waals surface area contributed by atoms with Gasteiger partial charge in [-0.3, -0.25) is 0 Å². The molecular weight excluding hydrogens is 256 g/mol. The molecular formula is C16H14O4. The number of aromatic carboxylic acids is 1. The number of carboxylic acid groups (broad SMARTS) is 1. The lowest BCUT2D eigenvalue weighted by atomic mass is 10.1. The first kappa shape index (κ1) is 13.7. The third-order valence-corrected chi connectivity index (χ3v) is 2.73. The molecule has 4 heteroatoms. The smallest absolute Gasteiger partial charge is 0.335 e. The normalized spacial score (nSPS) is 10.0. The van der Waals surface area contributed by atoms with Gasteiger partial charge >= 0.3 is 5.97 Å². The third kappa shape index (κ3) is 3.17.